The van der Waals surface area contributed by atoms with Crippen LogP contribution in [0.5, 0.6) is 0 Å². The predicted molar refractivity (Wildman–Crippen MR) is 75.2 cm³/mol. The standard InChI is InChI=1S/C14H27N3O/c1-6-11(2)17-13(4)14(12(3)16-17)7-8-15-9-10-18-5/h11,15H,6-10H2,1-5H3. The number of rotatable bonds is 8. The van der Waals surface area contributed by atoms with Gasteiger partial charge in [0.2, 0.25) is 0 Å². The summed E-state index contributed by atoms with van der Waals surface area (Å²) in [7, 11) is 1.73. The molecule has 0 aromatic carbocycles. The molecule has 18 heavy (non-hydrogen) atoms. The summed E-state index contributed by atoms with van der Waals surface area (Å²) in [4.78, 5) is 0. The Labute approximate surface area is 111 Å². The van der Waals surface area contributed by atoms with E-state index in [0.29, 0.717) is 6.04 Å². The van der Waals surface area contributed by atoms with Crippen molar-refractivity contribution < 1.29 is 4.74 Å². The number of aromatic nitrogens is 2. The van der Waals surface area contributed by atoms with Crippen LogP contribution in [-0.2, 0) is 11.2 Å². The Morgan fingerprint density at radius 1 is 1.33 bits per heavy atom. The van der Waals surface area contributed by atoms with E-state index < -0.39 is 0 Å². The molecule has 1 N–H and O–H groups in total. The van der Waals surface area contributed by atoms with Crippen LogP contribution >= 0.6 is 0 Å². The third-order valence-electron chi connectivity index (χ3n) is 3.52. The molecule has 0 saturated heterocycles. The molecule has 0 saturated carbocycles. The number of nitrogens with zero attached hydrogens (tertiary/aromatic N) is 2. The molecule has 0 aliphatic heterocycles. The third kappa shape index (κ3) is 3.82. The van der Waals surface area contributed by atoms with Crippen LogP contribution in [0, 0.1) is 13.8 Å². The summed E-state index contributed by atoms with van der Waals surface area (Å²) in [6.45, 7) is 11.4. The number of hydrogen-bond donors (Lipinski definition) is 1. The Morgan fingerprint density at radius 2 is 2.06 bits per heavy atom. The second kappa shape index (κ2) is 7.54. The van der Waals surface area contributed by atoms with E-state index in [1.807, 2.05) is 0 Å². The van der Waals surface area contributed by atoms with Crippen molar-refractivity contribution in [1.82, 2.24) is 15.1 Å². The molecular formula is C14H27N3O. The Morgan fingerprint density at radius 3 is 2.67 bits per heavy atom. The summed E-state index contributed by atoms with van der Waals surface area (Å²) in [6.07, 6.45) is 2.16. The monoisotopic (exact) mass is 253 g/mol. The first-order chi connectivity index (χ1) is 8.61. The van der Waals surface area contributed by atoms with Gasteiger partial charge >= 0.3 is 0 Å². The van der Waals surface area contributed by atoms with Crippen molar-refractivity contribution in [3.05, 3.63) is 17.0 Å². The Kier molecular flexibility index (Phi) is 6.36. The molecule has 0 aliphatic carbocycles. The fourth-order valence-corrected chi connectivity index (χ4v) is 2.17. The average molecular weight is 253 g/mol. The number of ether oxygens (including phenoxy) is 1. The van der Waals surface area contributed by atoms with E-state index in [1.165, 1.54) is 17.0 Å². The van der Waals surface area contributed by atoms with E-state index in [-0.39, 0.29) is 0 Å². The lowest BCUT2D eigenvalue weighted by Crippen LogP contribution is -2.22. The number of aryl methyl sites for hydroxylation is 1. The zero-order valence-electron chi connectivity index (χ0n) is 12.4. The van der Waals surface area contributed by atoms with Gasteiger partial charge in [0.25, 0.3) is 0 Å². The maximum absolute atomic E-state index is 5.01. The smallest absolute Gasteiger partial charge is 0.0629 e. The van der Waals surface area contributed by atoms with E-state index in [9.17, 15) is 0 Å². The molecule has 4 heteroatoms. The molecule has 1 heterocycles. The van der Waals surface area contributed by atoms with Gasteiger partial charge in [0.1, 0.15) is 0 Å². The van der Waals surface area contributed by atoms with E-state index in [1.54, 1.807) is 7.11 Å². The molecule has 0 amide bonds. The fourth-order valence-electron chi connectivity index (χ4n) is 2.17. The van der Waals surface area contributed by atoms with Crippen molar-refractivity contribution in [3.8, 4) is 0 Å². The van der Waals surface area contributed by atoms with Crippen molar-refractivity contribution in [2.75, 3.05) is 26.8 Å². The van der Waals surface area contributed by atoms with Crippen molar-refractivity contribution in [2.45, 2.75) is 46.6 Å². The molecule has 1 atom stereocenters. The minimum atomic E-state index is 0.485. The lowest BCUT2D eigenvalue weighted by Gasteiger charge is -2.12. The molecule has 1 unspecified atom stereocenters. The molecule has 0 fully saturated rings. The van der Waals surface area contributed by atoms with Crippen LogP contribution in [0.25, 0.3) is 0 Å². The van der Waals surface area contributed by atoms with Crippen LogP contribution in [-0.4, -0.2) is 36.6 Å². The Balaban J connectivity index is 2.57. The van der Waals surface area contributed by atoms with Crippen molar-refractivity contribution >= 4 is 0 Å². The van der Waals surface area contributed by atoms with Crippen LogP contribution in [0.1, 0.15) is 43.3 Å². The van der Waals surface area contributed by atoms with Crippen molar-refractivity contribution in [1.29, 1.82) is 0 Å². The predicted octanol–water partition coefficient (Wildman–Crippen LogP) is 2.25. The molecule has 0 radical (unpaired) electrons. The average Bonchev–Trinajstić information content (AvgIpc) is 2.65. The van der Waals surface area contributed by atoms with Gasteiger partial charge in [0, 0.05) is 25.4 Å². The second-order valence-corrected chi connectivity index (χ2v) is 4.84. The van der Waals surface area contributed by atoms with Crippen molar-refractivity contribution in [2.24, 2.45) is 0 Å². The number of hydrogen-bond acceptors (Lipinski definition) is 3. The summed E-state index contributed by atoms with van der Waals surface area (Å²) in [5.74, 6) is 0. The maximum atomic E-state index is 5.01. The van der Waals surface area contributed by atoms with Crippen molar-refractivity contribution in [3.63, 3.8) is 0 Å². The largest absolute Gasteiger partial charge is 0.383 e. The summed E-state index contributed by atoms with van der Waals surface area (Å²) < 4.78 is 7.18. The van der Waals surface area contributed by atoms with E-state index in [2.05, 4.69) is 42.8 Å². The number of nitrogens with one attached hydrogen (secondary N) is 1. The van der Waals surface area contributed by atoms with Gasteiger partial charge in [-0.25, -0.2) is 0 Å². The van der Waals surface area contributed by atoms with E-state index in [0.717, 1.165) is 32.5 Å². The highest BCUT2D eigenvalue weighted by atomic mass is 16.5. The first-order valence-electron chi connectivity index (χ1n) is 6.86. The SMILES string of the molecule is CCC(C)n1nc(C)c(CCNCCOC)c1C. The van der Waals surface area contributed by atoms with Gasteiger partial charge in [-0.2, -0.15) is 5.10 Å². The summed E-state index contributed by atoms with van der Waals surface area (Å²) in [6, 6.07) is 0.485. The van der Waals surface area contributed by atoms with Gasteiger partial charge in [-0.15, -0.1) is 0 Å². The minimum Gasteiger partial charge on any atom is -0.383 e. The molecule has 1 aromatic heterocycles. The normalized spacial score (nSPS) is 12.9. The number of methoxy groups -OCH3 is 1. The molecule has 4 nitrogen and oxygen atoms in total. The third-order valence-corrected chi connectivity index (χ3v) is 3.52. The van der Waals surface area contributed by atoms with Gasteiger partial charge < -0.3 is 10.1 Å². The van der Waals surface area contributed by atoms with Gasteiger partial charge in [-0.3, -0.25) is 4.68 Å². The van der Waals surface area contributed by atoms with Crippen LogP contribution in [0.2, 0.25) is 0 Å². The fraction of sp³-hybridized carbons (Fsp3) is 0.786. The van der Waals surface area contributed by atoms with Gasteiger partial charge in [0.05, 0.1) is 12.3 Å². The molecule has 0 bridgehead atoms. The minimum absolute atomic E-state index is 0.485. The first kappa shape index (κ1) is 15.2. The summed E-state index contributed by atoms with van der Waals surface area (Å²) >= 11 is 0. The lowest BCUT2D eigenvalue weighted by molar-refractivity contribution is 0.199. The highest BCUT2D eigenvalue weighted by Crippen LogP contribution is 2.19. The van der Waals surface area contributed by atoms with Gasteiger partial charge in [-0.05, 0) is 45.7 Å². The zero-order valence-corrected chi connectivity index (χ0v) is 12.4. The molecule has 0 spiro atoms. The lowest BCUT2D eigenvalue weighted by atomic mass is 10.1. The first-order valence-corrected chi connectivity index (χ1v) is 6.86. The topological polar surface area (TPSA) is 39.1 Å². The summed E-state index contributed by atoms with van der Waals surface area (Å²) in [5, 5.41) is 8.04. The van der Waals surface area contributed by atoms with Crippen LogP contribution in [0.15, 0.2) is 0 Å². The van der Waals surface area contributed by atoms with Gasteiger partial charge in [0.15, 0.2) is 0 Å². The summed E-state index contributed by atoms with van der Waals surface area (Å²) in [5.41, 5.74) is 3.87. The Hall–Kier alpha value is -0.870. The van der Waals surface area contributed by atoms with E-state index in [4.69, 9.17) is 4.74 Å². The quantitative estimate of drug-likeness (QED) is 0.722. The molecule has 1 aromatic rings. The molecule has 1 rings (SSSR count). The van der Waals surface area contributed by atoms with Crippen LogP contribution in [0.4, 0.5) is 0 Å². The maximum Gasteiger partial charge on any atom is 0.0629 e. The zero-order chi connectivity index (χ0) is 13.5. The Bertz CT molecular complexity index is 360. The van der Waals surface area contributed by atoms with Crippen LogP contribution < -0.4 is 5.32 Å². The molecule has 104 valence electrons. The molecular weight excluding hydrogens is 226 g/mol. The highest BCUT2D eigenvalue weighted by Gasteiger charge is 2.13. The van der Waals surface area contributed by atoms with Gasteiger partial charge in [-0.1, -0.05) is 6.92 Å². The highest BCUT2D eigenvalue weighted by molar-refractivity contribution is 5.25. The molecule has 0 aliphatic rings. The second-order valence-electron chi connectivity index (χ2n) is 4.84. The van der Waals surface area contributed by atoms with Crippen LogP contribution in [0.3, 0.4) is 0 Å². The van der Waals surface area contributed by atoms with E-state index >= 15 is 0 Å².